The van der Waals surface area contributed by atoms with Gasteiger partial charge in [-0.3, -0.25) is 4.98 Å². The molecule has 3 heteroatoms. The van der Waals surface area contributed by atoms with E-state index >= 15 is 0 Å². The maximum atomic E-state index is 10.3. The van der Waals surface area contributed by atoms with Gasteiger partial charge in [0.2, 0.25) is 0 Å². The summed E-state index contributed by atoms with van der Waals surface area (Å²) in [6.45, 7) is 0.461. The van der Waals surface area contributed by atoms with E-state index < -0.39 is 0 Å². The molecule has 0 saturated heterocycles. The maximum Gasteiger partial charge on any atom is 0.0636 e. The van der Waals surface area contributed by atoms with Crippen molar-refractivity contribution in [1.82, 2.24) is 4.98 Å². The Labute approximate surface area is 109 Å². The molecule has 0 amide bonds. The number of hydrogen-bond donors (Lipinski definition) is 2. The summed E-state index contributed by atoms with van der Waals surface area (Å²) in [5.41, 5.74) is 6.71. The summed E-state index contributed by atoms with van der Waals surface area (Å²) in [6, 6.07) is 5.80. The monoisotopic (exact) mass is 248 g/mol. The van der Waals surface area contributed by atoms with Crippen molar-refractivity contribution in [2.75, 3.05) is 6.54 Å². The average Bonchev–Trinajstić information content (AvgIpc) is 2.92. The number of pyridine rings is 1. The van der Waals surface area contributed by atoms with Crippen molar-refractivity contribution in [3.8, 4) is 0 Å². The molecule has 0 aromatic carbocycles. The third-order valence-electron chi connectivity index (χ3n) is 4.13. The van der Waals surface area contributed by atoms with Crippen molar-refractivity contribution in [2.45, 2.75) is 50.5 Å². The highest BCUT2D eigenvalue weighted by atomic mass is 16.3. The van der Waals surface area contributed by atoms with Crippen molar-refractivity contribution in [2.24, 2.45) is 11.7 Å². The number of rotatable bonds is 6. The van der Waals surface area contributed by atoms with Crippen molar-refractivity contribution in [1.29, 1.82) is 0 Å². The molecule has 1 heterocycles. The standard InChI is InChI=1S/C15H24N2O/c16-11-13(14-7-3-4-10-17-14)15(18)9-8-12-5-1-2-6-12/h3-4,7,10,12-13,15,18H,1-2,5-6,8-9,11,16H2. The maximum absolute atomic E-state index is 10.3. The zero-order chi connectivity index (χ0) is 12.8. The predicted octanol–water partition coefficient (Wildman–Crippen LogP) is 2.46. The molecule has 2 unspecified atom stereocenters. The zero-order valence-electron chi connectivity index (χ0n) is 11.0. The third kappa shape index (κ3) is 3.53. The van der Waals surface area contributed by atoms with E-state index in [9.17, 15) is 5.11 Å². The first-order chi connectivity index (χ1) is 8.81. The Morgan fingerprint density at radius 2 is 2.11 bits per heavy atom. The minimum atomic E-state index is -0.356. The van der Waals surface area contributed by atoms with Gasteiger partial charge in [-0.25, -0.2) is 0 Å². The van der Waals surface area contributed by atoms with Crippen LogP contribution in [0.5, 0.6) is 0 Å². The fourth-order valence-electron chi connectivity index (χ4n) is 2.98. The molecule has 1 aromatic heterocycles. The zero-order valence-corrected chi connectivity index (χ0v) is 11.0. The Hall–Kier alpha value is -0.930. The SMILES string of the molecule is NCC(c1ccccn1)C(O)CCC1CCCC1. The van der Waals surface area contributed by atoms with E-state index in [0.29, 0.717) is 6.54 Å². The number of aliphatic hydroxyl groups excluding tert-OH is 1. The fraction of sp³-hybridized carbons (Fsp3) is 0.667. The quantitative estimate of drug-likeness (QED) is 0.813. The van der Waals surface area contributed by atoms with Crippen molar-refractivity contribution >= 4 is 0 Å². The molecule has 0 radical (unpaired) electrons. The lowest BCUT2D eigenvalue weighted by molar-refractivity contribution is 0.125. The molecule has 3 N–H and O–H groups in total. The van der Waals surface area contributed by atoms with Gasteiger partial charge in [0.25, 0.3) is 0 Å². The molecule has 0 bridgehead atoms. The molecular weight excluding hydrogens is 224 g/mol. The van der Waals surface area contributed by atoms with Crippen molar-refractivity contribution in [3.63, 3.8) is 0 Å². The number of nitrogens with two attached hydrogens (primary N) is 1. The molecule has 1 aliphatic carbocycles. The Balaban J connectivity index is 1.87. The van der Waals surface area contributed by atoms with E-state index in [1.807, 2.05) is 18.2 Å². The summed E-state index contributed by atoms with van der Waals surface area (Å²) < 4.78 is 0. The summed E-state index contributed by atoms with van der Waals surface area (Å²) in [5.74, 6) is 0.800. The summed E-state index contributed by atoms with van der Waals surface area (Å²) >= 11 is 0. The van der Waals surface area contributed by atoms with Crippen LogP contribution < -0.4 is 5.73 Å². The van der Waals surface area contributed by atoms with E-state index in [2.05, 4.69) is 4.98 Å². The van der Waals surface area contributed by atoms with E-state index in [1.165, 1.54) is 25.7 Å². The molecule has 1 aromatic rings. The molecule has 0 aliphatic heterocycles. The van der Waals surface area contributed by atoms with Crippen LogP contribution in [0.4, 0.5) is 0 Å². The van der Waals surface area contributed by atoms with Gasteiger partial charge < -0.3 is 10.8 Å². The van der Waals surface area contributed by atoms with Gasteiger partial charge >= 0.3 is 0 Å². The number of hydrogen-bond acceptors (Lipinski definition) is 3. The van der Waals surface area contributed by atoms with Crippen LogP contribution in [0.3, 0.4) is 0 Å². The highest BCUT2D eigenvalue weighted by Crippen LogP contribution is 2.30. The molecule has 18 heavy (non-hydrogen) atoms. The number of aromatic nitrogens is 1. The minimum absolute atomic E-state index is 0.0207. The second kappa shape index (κ2) is 6.86. The predicted molar refractivity (Wildman–Crippen MR) is 73.2 cm³/mol. The average molecular weight is 248 g/mol. The van der Waals surface area contributed by atoms with Gasteiger partial charge in [-0.15, -0.1) is 0 Å². The van der Waals surface area contributed by atoms with Crippen LogP contribution in [-0.4, -0.2) is 22.7 Å². The summed E-state index contributed by atoms with van der Waals surface area (Å²) in [7, 11) is 0. The molecule has 0 spiro atoms. The topological polar surface area (TPSA) is 59.1 Å². The van der Waals surface area contributed by atoms with Gasteiger partial charge in [0.15, 0.2) is 0 Å². The van der Waals surface area contributed by atoms with Crippen LogP contribution in [0, 0.1) is 5.92 Å². The van der Waals surface area contributed by atoms with Gasteiger partial charge in [-0.1, -0.05) is 31.7 Å². The first-order valence-corrected chi connectivity index (χ1v) is 7.10. The second-order valence-corrected chi connectivity index (χ2v) is 5.39. The highest BCUT2D eigenvalue weighted by molar-refractivity contribution is 5.11. The molecule has 2 atom stereocenters. The van der Waals surface area contributed by atoms with E-state index in [4.69, 9.17) is 5.73 Å². The van der Waals surface area contributed by atoms with Crippen LogP contribution in [0.25, 0.3) is 0 Å². The van der Waals surface area contributed by atoms with E-state index in [0.717, 1.165) is 24.5 Å². The Morgan fingerprint density at radius 3 is 2.72 bits per heavy atom. The molecule has 1 saturated carbocycles. The van der Waals surface area contributed by atoms with Crippen LogP contribution in [0.1, 0.15) is 50.1 Å². The largest absolute Gasteiger partial charge is 0.392 e. The van der Waals surface area contributed by atoms with Gasteiger partial charge in [-0.2, -0.15) is 0 Å². The lowest BCUT2D eigenvalue weighted by Crippen LogP contribution is -2.27. The normalized spacial score (nSPS) is 19.9. The summed E-state index contributed by atoms with van der Waals surface area (Å²) in [5, 5.41) is 10.3. The van der Waals surface area contributed by atoms with Gasteiger partial charge in [-0.05, 0) is 30.9 Å². The molecule has 1 fully saturated rings. The minimum Gasteiger partial charge on any atom is -0.392 e. The Kier molecular flexibility index (Phi) is 5.14. The number of aliphatic hydroxyl groups is 1. The first kappa shape index (κ1) is 13.5. The smallest absolute Gasteiger partial charge is 0.0636 e. The van der Waals surface area contributed by atoms with Crippen LogP contribution in [0.2, 0.25) is 0 Å². The molecule has 2 rings (SSSR count). The van der Waals surface area contributed by atoms with Crippen LogP contribution in [-0.2, 0) is 0 Å². The van der Waals surface area contributed by atoms with Crippen molar-refractivity contribution < 1.29 is 5.11 Å². The van der Waals surface area contributed by atoms with Gasteiger partial charge in [0.1, 0.15) is 0 Å². The highest BCUT2D eigenvalue weighted by Gasteiger charge is 2.23. The second-order valence-electron chi connectivity index (χ2n) is 5.39. The van der Waals surface area contributed by atoms with Crippen LogP contribution in [0.15, 0.2) is 24.4 Å². The Morgan fingerprint density at radius 1 is 1.33 bits per heavy atom. The first-order valence-electron chi connectivity index (χ1n) is 7.10. The van der Waals surface area contributed by atoms with Crippen molar-refractivity contribution in [3.05, 3.63) is 30.1 Å². The lowest BCUT2D eigenvalue weighted by atomic mass is 9.91. The molecular formula is C15H24N2O. The molecule has 3 nitrogen and oxygen atoms in total. The summed E-state index contributed by atoms with van der Waals surface area (Å²) in [4.78, 5) is 4.31. The van der Waals surface area contributed by atoms with Gasteiger partial charge in [0, 0.05) is 24.4 Å². The third-order valence-corrected chi connectivity index (χ3v) is 4.13. The molecule has 1 aliphatic rings. The summed E-state index contributed by atoms with van der Waals surface area (Å²) in [6.07, 6.45) is 8.79. The Bertz CT molecular complexity index is 336. The van der Waals surface area contributed by atoms with Gasteiger partial charge in [0.05, 0.1) is 6.10 Å². The molecule has 100 valence electrons. The lowest BCUT2D eigenvalue weighted by Gasteiger charge is -2.22. The van der Waals surface area contributed by atoms with E-state index in [-0.39, 0.29) is 12.0 Å². The van der Waals surface area contributed by atoms with E-state index in [1.54, 1.807) is 6.20 Å². The number of nitrogens with zero attached hydrogens (tertiary/aromatic N) is 1. The fourth-order valence-corrected chi connectivity index (χ4v) is 2.98. The van der Waals surface area contributed by atoms with Crippen LogP contribution >= 0.6 is 0 Å².